The van der Waals surface area contributed by atoms with E-state index in [-0.39, 0.29) is 11.1 Å². The van der Waals surface area contributed by atoms with E-state index in [0.29, 0.717) is 38.8 Å². The zero-order chi connectivity index (χ0) is 49.1. The molecule has 356 valence electrons. The number of hydrogen-bond donors (Lipinski definition) is 6. The van der Waals surface area contributed by atoms with E-state index in [9.17, 15) is 39.0 Å². The van der Waals surface area contributed by atoms with E-state index in [1.807, 2.05) is 6.07 Å². The Kier molecular flexibility index (Phi) is 12.2. The quantitative estimate of drug-likeness (QED) is 0.0768. The van der Waals surface area contributed by atoms with Crippen LogP contribution in [0.2, 0.25) is 0 Å². The predicted molar refractivity (Wildman–Crippen MR) is 257 cm³/mol. The predicted octanol–water partition coefficient (Wildman–Crippen LogP) is 7.47. The molecule has 0 spiro atoms. The SMILES string of the molecule is CC(C)(C)c1c([C@@H]2CCCN2C(=O)[C@](NC(=O)O)(C(N)=O)c2ccccc2)ccc2c1c1c(n2C(C)(C)C)-c2ccc(C3CCCN3C(=O)C(NC(=O)O)(C(N)=O)c3ccccc3)cc2CCC1. The van der Waals surface area contributed by atoms with Crippen LogP contribution >= 0.6 is 0 Å². The molecule has 2 unspecified atom stereocenters. The molecule has 0 bridgehead atoms. The third kappa shape index (κ3) is 7.80. The first-order valence-corrected chi connectivity index (χ1v) is 23.3. The van der Waals surface area contributed by atoms with Crippen molar-refractivity contribution in [3.63, 3.8) is 0 Å². The largest absolute Gasteiger partial charge is 0.465 e. The Morgan fingerprint density at radius 3 is 1.63 bits per heavy atom. The Labute approximate surface area is 395 Å². The van der Waals surface area contributed by atoms with Crippen molar-refractivity contribution in [1.82, 2.24) is 25.0 Å². The van der Waals surface area contributed by atoms with Gasteiger partial charge in [-0.1, -0.05) is 106 Å². The number of aromatic nitrogens is 1. The maximum absolute atomic E-state index is 15.0. The highest BCUT2D eigenvalue weighted by Crippen LogP contribution is 2.50. The molecule has 1 aromatic heterocycles. The van der Waals surface area contributed by atoms with Crippen LogP contribution in [0, 0.1) is 0 Å². The monoisotopic (exact) mass is 923 g/mol. The van der Waals surface area contributed by atoms with E-state index in [1.165, 1.54) is 29.8 Å². The molecule has 2 saturated heterocycles. The van der Waals surface area contributed by atoms with E-state index in [1.54, 1.807) is 46.2 Å². The van der Waals surface area contributed by atoms with Gasteiger partial charge in [0.05, 0.1) is 17.8 Å². The van der Waals surface area contributed by atoms with Gasteiger partial charge in [0, 0.05) is 35.1 Å². The molecule has 0 saturated carbocycles. The number of likely N-dealkylation sites (tertiary alicyclic amines) is 2. The highest BCUT2D eigenvalue weighted by molar-refractivity contribution is 6.13. The number of amides is 6. The average molecular weight is 924 g/mol. The molecule has 5 aromatic rings. The minimum Gasteiger partial charge on any atom is -0.465 e. The van der Waals surface area contributed by atoms with Gasteiger partial charge in [-0.15, -0.1) is 0 Å². The number of fused-ring (bicyclic) bond motifs is 5. The zero-order valence-electron chi connectivity index (χ0n) is 39.5. The Morgan fingerprint density at radius 2 is 1.15 bits per heavy atom. The molecule has 3 heterocycles. The normalized spacial score (nSPS) is 19.0. The molecule has 8 rings (SSSR count). The molecule has 8 N–H and O–H groups in total. The van der Waals surface area contributed by atoms with Crippen molar-refractivity contribution in [3.05, 3.63) is 130 Å². The first kappa shape index (κ1) is 47.3. The van der Waals surface area contributed by atoms with Crippen molar-refractivity contribution in [2.75, 3.05) is 13.1 Å². The molecular formula is C53H61N7O8. The number of aryl methyl sites for hydroxylation is 2. The fourth-order valence-corrected chi connectivity index (χ4v) is 11.4. The average Bonchev–Trinajstić information content (AvgIpc) is 4.02. The Hall–Kier alpha value is -7.16. The van der Waals surface area contributed by atoms with Gasteiger partial charge >= 0.3 is 12.2 Å². The van der Waals surface area contributed by atoms with Crippen molar-refractivity contribution in [1.29, 1.82) is 0 Å². The van der Waals surface area contributed by atoms with E-state index in [2.05, 4.69) is 81.0 Å². The summed E-state index contributed by atoms with van der Waals surface area (Å²) in [4.78, 5) is 84.3. The summed E-state index contributed by atoms with van der Waals surface area (Å²) < 4.78 is 2.41. The van der Waals surface area contributed by atoms with Crippen molar-refractivity contribution in [2.45, 2.75) is 121 Å². The second-order valence-electron chi connectivity index (χ2n) is 20.4. The van der Waals surface area contributed by atoms with Crippen molar-refractivity contribution in [3.8, 4) is 11.3 Å². The van der Waals surface area contributed by atoms with Gasteiger partial charge in [0.25, 0.3) is 23.6 Å². The van der Waals surface area contributed by atoms with E-state index < -0.39 is 69.9 Å². The van der Waals surface area contributed by atoms with Gasteiger partial charge in [0.2, 0.25) is 11.1 Å². The molecule has 2 fully saturated rings. The molecule has 1 aliphatic carbocycles. The van der Waals surface area contributed by atoms with Gasteiger partial charge in [-0.3, -0.25) is 29.8 Å². The number of carboxylic acid groups (broad SMARTS) is 2. The molecule has 3 aliphatic rings. The molecule has 2 aliphatic heterocycles. The lowest BCUT2D eigenvalue weighted by Crippen LogP contribution is -2.63. The summed E-state index contributed by atoms with van der Waals surface area (Å²) in [5.41, 5.74) is 15.0. The Bertz CT molecular complexity index is 2850. The number of carbonyl (C=O) groups is 6. The Morgan fingerprint density at radius 1 is 0.632 bits per heavy atom. The van der Waals surface area contributed by atoms with Crippen LogP contribution in [-0.2, 0) is 54.1 Å². The van der Waals surface area contributed by atoms with E-state index in [4.69, 9.17) is 11.5 Å². The maximum atomic E-state index is 15.0. The lowest BCUT2D eigenvalue weighted by atomic mass is 9.77. The zero-order valence-corrected chi connectivity index (χ0v) is 39.5. The highest BCUT2D eigenvalue weighted by atomic mass is 16.4. The fraction of sp³-hybridized carbons (Fsp3) is 0.396. The molecule has 6 amide bonds. The summed E-state index contributed by atoms with van der Waals surface area (Å²) in [6.45, 7) is 13.6. The number of nitrogens with zero attached hydrogens (tertiary/aromatic N) is 3. The van der Waals surface area contributed by atoms with Gasteiger partial charge in [-0.2, -0.15) is 0 Å². The van der Waals surface area contributed by atoms with Gasteiger partial charge < -0.3 is 36.0 Å². The Balaban J connectivity index is 1.26. The van der Waals surface area contributed by atoms with Crippen molar-refractivity contribution >= 4 is 46.7 Å². The molecule has 0 radical (unpaired) electrons. The van der Waals surface area contributed by atoms with Crippen LogP contribution in [0.4, 0.5) is 9.59 Å². The van der Waals surface area contributed by atoms with Crippen molar-refractivity contribution in [2.24, 2.45) is 11.5 Å². The summed E-state index contributed by atoms with van der Waals surface area (Å²) in [6.07, 6.45) is 1.64. The van der Waals surface area contributed by atoms with Crippen LogP contribution in [0.15, 0.2) is 91.0 Å². The molecule has 4 atom stereocenters. The van der Waals surface area contributed by atoms with Crippen LogP contribution < -0.4 is 22.1 Å². The first-order chi connectivity index (χ1) is 32.1. The second kappa shape index (κ2) is 17.5. The van der Waals surface area contributed by atoms with Gasteiger partial charge in [-0.05, 0) is 116 Å². The van der Waals surface area contributed by atoms with Crippen LogP contribution in [-0.4, -0.2) is 73.5 Å². The topological polar surface area (TPSA) is 230 Å². The van der Waals surface area contributed by atoms with Gasteiger partial charge in [-0.25, -0.2) is 9.59 Å². The van der Waals surface area contributed by atoms with Gasteiger partial charge in [0.15, 0.2) is 0 Å². The molecule has 15 nitrogen and oxygen atoms in total. The minimum atomic E-state index is -2.36. The summed E-state index contributed by atoms with van der Waals surface area (Å²) in [7, 11) is 0. The van der Waals surface area contributed by atoms with Crippen LogP contribution in [0.5, 0.6) is 0 Å². The molecular weight excluding hydrogens is 863 g/mol. The fourth-order valence-electron chi connectivity index (χ4n) is 11.4. The smallest absolute Gasteiger partial charge is 0.406 e. The number of primary amides is 2. The number of hydrogen-bond acceptors (Lipinski definition) is 6. The number of carbonyl (C=O) groups excluding carboxylic acids is 4. The van der Waals surface area contributed by atoms with E-state index >= 15 is 0 Å². The standard InChI is InChI=1S/C53H61N7O8/c1-50(2,3)42-36(39-23-15-29-59(39)47(64)53(45(55)62,57-49(67)68)34-19-11-8-12-20-34)26-27-40-41(42)37-21-13-16-31-30-32(24-25-35(31)43(37)60(40)51(4,5)6)38-22-14-28-58(38)46(63)52(44(54)61,56-48(65)66)33-17-9-7-10-18-33/h7-12,17-20,24-27,30,38-39,56-57H,13-16,21-23,28-29H2,1-6H3,(H2,54,61)(H2,55,62)(H,65,66)(H,67,68)/t38?,39-,52?,53+/m0/s1. The lowest BCUT2D eigenvalue weighted by molar-refractivity contribution is -0.147. The third-order valence-electron chi connectivity index (χ3n) is 14.1. The van der Waals surface area contributed by atoms with Crippen LogP contribution in [0.1, 0.15) is 125 Å². The first-order valence-electron chi connectivity index (χ1n) is 23.3. The van der Waals surface area contributed by atoms with E-state index in [0.717, 1.165) is 63.7 Å². The molecule has 4 aromatic carbocycles. The van der Waals surface area contributed by atoms with Gasteiger partial charge in [0.1, 0.15) is 0 Å². The highest BCUT2D eigenvalue weighted by Gasteiger charge is 2.54. The molecule has 68 heavy (non-hydrogen) atoms. The number of rotatable bonds is 10. The second-order valence-corrected chi connectivity index (χ2v) is 20.4. The number of nitrogens with two attached hydrogens (primary N) is 2. The van der Waals surface area contributed by atoms with Crippen LogP contribution in [0.25, 0.3) is 22.2 Å². The summed E-state index contributed by atoms with van der Waals surface area (Å²) in [5.74, 6) is -3.68. The lowest BCUT2D eigenvalue weighted by Gasteiger charge is -2.38. The summed E-state index contributed by atoms with van der Waals surface area (Å²) in [5, 5.41) is 25.6. The summed E-state index contributed by atoms with van der Waals surface area (Å²) in [6, 6.07) is 25.7. The number of nitrogens with one attached hydrogen (secondary N) is 2. The summed E-state index contributed by atoms with van der Waals surface area (Å²) >= 11 is 0. The number of benzene rings is 4. The van der Waals surface area contributed by atoms with Crippen molar-refractivity contribution < 1.29 is 39.0 Å². The molecule has 15 heteroatoms. The maximum Gasteiger partial charge on any atom is 0.406 e. The minimum absolute atomic E-state index is 0.139. The van der Waals surface area contributed by atoms with Crippen LogP contribution in [0.3, 0.4) is 0 Å². The third-order valence-corrected chi connectivity index (χ3v) is 14.1.